The molecule has 0 aliphatic heterocycles. The van der Waals surface area contributed by atoms with Crippen molar-refractivity contribution in [1.29, 1.82) is 0 Å². The third kappa shape index (κ3) is 4.49. The number of hydrogen-bond donors (Lipinski definition) is 2. The molecule has 1 atom stereocenters. The van der Waals surface area contributed by atoms with Gasteiger partial charge < -0.3 is 15.1 Å². The monoisotopic (exact) mass is 440 g/mol. The molecule has 0 saturated heterocycles. The largest absolute Gasteiger partial charge is 0.444 e. The Labute approximate surface area is 160 Å². The predicted octanol–water partition coefficient (Wildman–Crippen LogP) is 3.73. The summed E-state index contributed by atoms with van der Waals surface area (Å²) in [7, 11) is 1.78. The number of aromatic nitrogens is 1. The van der Waals surface area contributed by atoms with Crippen molar-refractivity contribution < 1.29 is 4.42 Å². The SMILES string of the molecule is CN=C(NCc1coc(-c2ccc(C)cc2)n1)NC1CC1(C)C.I. The van der Waals surface area contributed by atoms with E-state index in [0.29, 0.717) is 23.9 Å². The highest BCUT2D eigenvalue weighted by molar-refractivity contribution is 14.0. The van der Waals surface area contributed by atoms with Crippen molar-refractivity contribution >= 4 is 29.9 Å². The molecule has 1 aromatic carbocycles. The quantitative estimate of drug-likeness (QED) is 0.432. The number of halogens is 1. The summed E-state index contributed by atoms with van der Waals surface area (Å²) >= 11 is 0. The van der Waals surface area contributed by atoms with Gasteiger partial charge in [-0.1, -0.05) is 31.5 Å². The average molecular weight is 440 g/mol. The second-order valence-corrected chi connectivity index (χ2v) is 6.83. The van der Waals surface area contributed by atoms with Gasteiger partial charge in [0, 0.05) is 18.7 Å². The molecule has 1 heterocycles. The summed E-state index contributed by atoms with van der Waals surface area (Å²) in [5.74, 6) is 1.45. The van der Waals surface area contributed by atoms with Crippen LogP contribution in [0.2, 0.25) is 0 Å². The van der Waals surface area contributed by atoms with Gasteiger partial charge in [-0.05, 0) is 30.9 Å². The molecule has 1 aromatic heterocycles. The summed E-state index contributed by atoms with van der Waals surface area (Å²) < 4.78 is 5.57. The zero-order valence-corrected chi connectivity index (χ0v) is 16.9. The molecular formula is C18H25IN4O. The number of benzene rings is 1. The highest BCUT2D eigenvalue weighted by Crippen LogP contribution is 2.44. The lowest BCUT2D eigenvalue weighted by Crippen LogP contribution is -2.39. The standard InChI is InChI=1S/C18H24N4O.HI/c1-12-5-7-13(8-6-12)16-21-14(11-23-16)10-20-17(19-4)22-15-9-18(15,2)3;/h5-8,11,15H,9-10H2,1-4H3,(H2,19,20,22);1H. The number of oxazole rings is 1. The first-order chi connectivity index (χ1) is 11.0. The van der Waals surface area contributed by atoms with Gasteiger partial charge in [-0.3, -0.25) is 4.99 Å². The Bertz CT molecular complexity index is 706. The highest BCUT2D eigenvalue weighted by atomic mass is 127. The molecule has 0 spiro atoms. The first-order valence-corrected chi connectivity index (χ1v) is 7.96. The number of nitrogens with one attached hydrogen (secondary N) is 2. The van der Waals surface area contributed by atoms with Crippen molar-refractivity contribution in [3.05, 3.63) is 41.8 Å². The smallest absolute Gasteiger partial charge is 0.226 e. The van der Waals surface area contributed by atoms with E-state index in [1.807, 2.05) is 12.1 Å². The Morgan fingerprint density at radius 1 is 1.33 bits per heavy atom. The van der Waals surface area contributed by atoms with Crippen LogP contribution in [0.15, 0.2) is 39.9 Å². The molecule has 130 valence electrons. The van der Waals surface area contributed by atoms with Crippen LogP contribution in [0.3, 0.4) is 0 Å². The van der Waals surface area contributed by atoms with Crippen LogP contribution in [0, 0.1) is 12.3 Å². The lowest BCUT2D eigenvalue weighted by molar-refractivity contribution is 0.571. The third-order valence-corrected chi connectivity index (χ3v) is 4.34. The molecule has 1 saturated carbocycles. The molecule has 1 unspecified atom stereocenters. The van der Waals surface area contributed by atoms with Crippen molar-refractivity contribution in [2.45, 2.75) is 39.8 Å². The van der Waals surface area contributed by atoms with Gasteiger partial charge in [-0.25, -0.2) is 4.98 Å². The summed E-state index contributed by atoms with van der Waals surface area (Å²) in [4.78, 5) is 8.79. The van der Waals surface area contributed by atoms with E-state index in [0.717, 1.165) is 17.2 Å². The van der Waals surface area contributed by atoms with Crippen molar-refractivity contribution in [3.63, 3.8) is 0 Å². The van der Waals surface area contributed by atoms with Crippen molar-refractivity contribution in [1.82, 2.24) is 15.6 Å². The number of hydrogen-bond acceptors (Lipinski definition) is 3. The van der Waals surface area contributed by atoms with Crippen LogP contribution in [-0.2, 0) is 6.54 Å². The second kappa shape index (κ2) is 7.55. The molecule has 3 rings (SSSR count). The summed E-state index contributed by atoms with van der Waals surface area (Å²) in [6.45, 7) is 7.16. The molecule has 1 fully saturated rings. The Morgan fingerprint density at radius 3 is 2.58 bits per heavy atom. The van der Waals surface area contributed by atoms with Crippen LogP contribution >= 0.6 is 24.0 Å². The third-order valence-electron chi connectivity index (χ3n) is 4.34. The molecule has 0 amide bonds. The summed E-state index contributed by atoms with van der Waals surface area (Å²) in [5, 5.41) is 6.71. The van der Waals surface area contributed by atoms with Crippen molar-refractivity contribution in [2.24, 2.45) is 10.4 Å². The fourth-order valence-corrected chi connectivity index (χ4v) is 2.46. The summed E-state index contributed by atoms with van der Waals surface area (Å²) in [6.07, 6.45) is 2.87. The van der Waals surface area contributed by atoms with Crippen LogP contribution in [0.25, 0.3) is 11.5 Å². The number of rotatable bonds is 4. The van der Waals surface area contributed by atoms with Crippen LogP contribution < -0.4 is 10.6 Å². The van der Waals surface area contributed by atoms with Crippen LogP contribution in [0.1, 0.15) is 31.5 Å². The van der Waals surface area contributed by atoms with E-state index < -0.39 is 0 Å². The lowest BCUT2D eigenvalue weighted by atomic mass is 10.1. The minimum Gasteiger partial charge on any atom is -0.444 e. The molecule has 1 aliphatic rings. The minimum atomic E-state index is 0. The van der Waals surface area contributed by atoms with Crippen LogP contribution in [-0.4, -0.2) is 24.0 Å². The number of aliphatic imine (C=N–C) groups is 1. The van der Waals surface area contributed by atoms with Crippen LogP contribution in [0.4, 0.5) is 0 Å². The molecule has 1 aliphatic carbocycles. The maximum atomic E-state index is 5.57. The molecule has 6 heteroatoms. The fraction of sp³-hybridized carbons (Fsp3) is 0.444. The molecule has 2 N–H and O–H groups in total. The van der Waals surface area contributed by atoms with Crippen molar-refractivity contribution in [3.8, 4) is 11.5 Å². The highest BCUT2D eigenvalue weighted by Gasteiger charge is 2.46. The molecule has 2 aromatic rings. The van der Waals surface area contributed by atoms with Gasteiger partial charge in [-0.2, -0.15) is 0 Å². The zero-order valence-electron chi connectivity index (χ0n) is 14.6. The zero-order chi connectivity index (χ0) is 16.4. The van der Waals surface area contributed by atoms with E-state index in [2.05, 4.69) is 53.5 Å². The van der Waals surface area contributed by atoms with E-state index in [1.54, 1.807) is 13.3 Å². The van der Waals surface area contributed by atoms with E-state index in [-0.39, 0.29) is 24.0 Å². The lowest BCUT2D eigenvalue weighted by Gasteiger charge is -2.11. The minimum absolute atomic E-state index is 0. The molecule has 24 heavy (non-hydrogen) atoms. The Kier molecular flexibility index (Phi) is 5.90. The number of nitrogens with zero attached hydrogens (tertiary/aromatic N) is 2. The van der Waals surface area contributed by atoms with E-state index >= 15 is 0 Å². The number of guanidine groups is 1. The van der Waals surface area contributed by atoms with Gasteiger partial charge in [0.1, 0.15) is 6.26 Å². The molecule has 0 bridgehead atoms. The van der Waals surface area contributed by atoms with Crippen molar-refractivity contribution in [2.75, 3.05) is 7.05 Å². The second-order valence-electron chi connectivity index (χ2n) is 6.83. The van der Waals surface area contributed by atoms with Gasteiger partial charge in [0.25, 0.3) is 0 Å². The average Bonchev–Trinajstić information content (AvgIpc) is 2.93. The normalized spacial score (nSPS) is 18.7. The maximum absolute atomic E-state index is 5.57. The topological polar surface area (TPSA) is 62.5 Å². The van der Waals surface area contributed by atoms with E-state index in [4.69, 9.17) is 4.42 Å². The molecule has 5 nitrogen and oxygen atoms in total. The van der Waals surface area contributed by atoms with Gasteiger partial charge in [-0.15, -0.1) is 24.0 Å². The van der Waals surface area contributed by atoms with E-state index in [1.165, 1.54) is 12.0 Å². The predicted molar refractivity (Wildman–Crippen MR) is 108 cm³/mol. The summed E-state index contributed by atoms with van der Waals surface area (Å²) in [5.41, 5.74) is 3.44. The van der Waals surface area contributed by atoms with Gasteiger partial charge in [0.2, 0.25) is 5.89 Å². The van der Waals surface area contributed by atoms with Gasteiger partial charge in [0.05, 0.1) is 12.2 Å². The number of aryl methyl sites for hydroxylation is 1. The first-order valence-electron chi connectivity index (χ1n) is 7.96. The Hall–Kier alpha value is -1.57. The molecule has 0 radical (unpaired) electrons. The maximum Gasteiger partial charge on any atom is 0.226 e. The summed E-state index contributed by atoms with van der Waals surface area (Å²) in [6, 6.07) is 8.65. The van der Waals surface area contributed by atoms with Crippen LogP contribution in [0.5, 0.6) is 0 Å². The van der Waals surface area contributed by atoms with Gasteiger partial charge >= 0.3 is 0 Å². The Balaban J connectivity index is 0.00000208. The van der Waals surface area contributed by atoms with Gasteiger partial charge in [0.15, 0.2) is 5.96 Å². The van der Waals surface area contributed by atoms with E-state index in [9.17, 15) is 0 Å². The Morgan fingerprint density at radius 2 is 2.00 bits per heavy atom. The fourth-order valence-electron chi connectivity index (χ4n) is 2.46. The first kappa shape index (κ1) is 18.8. The molecular weight excluding hydrogens is 415 g/mol.